The lowest BCUT2D eigenvalue weighted by Crippen LogP contribution is -2.54. The summed E-state index contributed by atoms with van der Waals surface area (Å²) in [4.78, 5) is 12.1. The molecule has 0 aliphatic heterocycles. The second-order valence-electron chi connectivity index (χ2n) is 4.88. The third-order valence-corrected chi connectivity index (χ3v) is 3.72. The number of nitrogens with two attached hydrogens (primary N) is 1. The first-order chi connectivity index (χ1) is 7.95. The highest BCUT2D eigenvalue weighted by Gasteiger charge is 2.45. The lowest BCUT2D eigenvalue weighted by molar-refractivity contribution is -0.137. The van der Waals surface area contributed by atoms with E-state index in [-0.39, 0.29) is 11.7 Å². The number of benzene rings is 1. The van der Waals surface area contributed by atoms with Crippen molar-refractivity contribution in [3.63, 3.8) is 0 Å². The highest BCUT2D eigenvalue weighted by Crippen LogP contribution is 2.38. The van der Waals surface area contributed by atoms with Crippen molar-refractivity contribution >= 4 is 17.4 Å². The van der Waals surface area contributed by atoms with Crippen LogP contribution in [0.1, 0.15) is 25.3 Å². The SMILES string of the molecule is C[C@H]1C[C@H](O)C(=O)[C@@](N)(c2ccccc2Cl)C1. The Morgan fingerprint density at radius 2 is 2.12 bits per heavy atom. The summed E-state index contributed by atoms with van der Waals surface area (Å²) < 4.78 is 0. The zero-order valence-corrected chi connectivity index (χ0v) is 10.4. The van der Waals surface area contributed by atoms with E-state index in [0.717, 1.165) is 0 Å². The van der Waals surface area contributed by atoms with Gasteiger partial charge < -0.3 is 10.8 Å². The van der Waals surface area contributed by atoms with Crippen LogP contribution in [0.15, 0.2) is 24.3 Å². The number of carbonyl (C=O) groups excluding carboxylic acids is 1. The summed E-state index contributed by atoms with van der Waals surface area (Å²) in [7, 11) is 0. The molecule has 1 aliphatic carbocycles. The molecule has 1 aromatic carbocycles. The predicted molar refractivity (Wildman–Crippen MR) is 66.7 cm³/mol. The van der Waals surface area contributed by atoms with Crippen LogP contribution in [0.25, 0.3) is 0 Å². The molecule has 3 N–H and O–H groups in total. The molecule has 1 saturated carbocycles. The predicted octanol–water partition coefficient (Wildman–Crippen LogP) is 1.85. The van der Waals surface area contributed by atoms with Gasteiger partial charge in [-0.2, -0.15) is 0 Å². The fourth-order valence-corrected chi connectivity index (χ4v) is 2.89. The maximum Gasteiger partial charge on any atom is 0.185 e. The quantitative estimate of drug-likeness (QED) is 0.803. The minimum atomic E-state index is -1.16. The molecule has 0 radical (unpaired) electrons. The molecule has 3 atom stereocenters. The highest BCUT2D eigenvalue weighted by atomic mass is 35.5. The molecule has 0 aromatic heterocycles. The van der Waals surface area contributed by atoms with E-state index in [2.05, 4.69) is 0 Å². The van der Waals surface area contributed by atoms with Gasteiger partial charge in [-0.1, -0.05) is 36.7 Å². The lowest BCUT2D eigenvalue weighted by Gasteiger charge is -2.38. The second-order valence-corrected chi connectivity index (χ2v) is 5.28. The normalized spacial score (nSPS) is 33.8. The van der Waals surface area contributed by atoms with E-state index in [9.17, 15) is 9.90 Å². The molecule has 0 amide bonds. The lowest BCUT2D eigenvalue weighted by atomic mass is 9.71. The number of Topliss-reactive ketones (excluding diaryl/α,β-unsaturated/α-hetero) is 1. The Morgan fingerprint density at radius 3 is 2.76 bits per heavy atom. The summed E-state index contributed by atoms with van der Waals surface area (Å²) in [6.07, 6.45) is 0.00881. The van der Waals surface area contributed by atoms with Gasteiger partial charge >= 0.3 is 0 Å². The topological polar surface area (TPSA) is 63.3 Å². The second kappa shape index (κ2) is 4.41. The zero-order valence-electron chi connectivity index (χ0n) is 9.69. The van der Waals surface area contributed by atoms with Gasteiger partial charge in [0.1, 0.15) is 11.6 Å². The van der Waals surface area contributed by atoms with Crippen molar-refractivity contribution in [1.29, 1.82) is 0 Å². The minimum absolute atomic E-state index is 0.198. The molecule has 4 heteroatoms. The summed E-state index contributed by atoms with van der Waals surface area (Å²) in [5.41, 5.74) is 5.66. The summed E-state index contributed by atoms with van der Waals surface area (Å²) in [6.45, 7) is 1.98. The summed E-state index contributed by atoms with van der Waals surface area (Å²) >= 11 is 6.09. The number of hydrogen-bond acceptors (Lipinski definition) is 3. The first-order valence-electron chi connectivity index (χ1n) is 5.71. The molecule has 0 heterocycles. The van der Waals surface area contributed by atoms with Crippen LogP contribution < -0.4 is 5.73 Å². The number of ketones is 1. The first kappa shape index (κ1) is 12.6. The highest BCUT2D eigenvalue weighted by molar-refractivity contribution is 6.31. The first-order valence-corrected chi connectivity index (χ1v) is 6.09. The maximum atomic E-state index is 12.1. The molecule has 17 heavy (non-hydrogen) atoms. The molecule has 1 aromatic rings. The van der Waals surface area contributed by atoms with Crippen molar-refractivity contribution in [2.75, 3.05) is 0 Å². The Balaban J connectivity index is 2.47. The molecule has 2 rings (SSSR count). The van der Waals surface area contributed by atoms with Crippen LogP contribution in [-0.2, 0) is 10.3 Å². The van der Waals surface area contributed by atoms with Gasteiger partial charge in [0.15, 0.2) is 5.78 Å². The maximum absolute atomic E-state index is 12.1. The third kappa shape index (κ3) is 2.10. The number of rotatable bonds is 1. The largest absolute Gasteiger partial charge is 0.385 e. The Hall–Kier alpha value is -0.900. The third-order valence-electron chi connectivity index (χ3n) is 3.39. The van der Waals surface area contributed by atoms with Crippen LogP contribution in [0.2, 0.25) is 5.02 Å². The van der Waals surface area contributed by atoms with Crippen molar-refractivity contribution in [1.82, 2.24) is 0 Å². The molecule has 3 nitrogen and oxygen atoms in total. The fraction of sp³-hybridized carbons (Fsp3) is 0.462. The minimum Gasteiger partial charge on any atom is -0.385 e. The number of aliphatic hydroxyl groups excluding tert-OH is 1. The van der Waals surface area contributed by atoms with Gasteiger partial charge in [0, 0.05) is 5.02 Å². The Bertz CT molecular complexity index is 449. The number of halogens is 1. The Labute approximate surface area is 106 Å². The molecule has 1 aliphatic rings. The monoisotopic (exact) mass is 253 g/mol. The summed E-state index contributed by atoms with van der Waals surface area (Å²) in [6, 6.07) is 7.06. The van der Waals surface area contributed by atoms with E-state index in [1.165, 1.54) is 0 Å². The van der Waals surface area contributed by atoms with Gasteiger partial charge in [-0.3, -0.25) is 4.79 Å². The van der Waals surface area contributed by atoms with Gasteiger partial charge in [-0.25, -0.2) is 0 Å². The molecular weight excluding hydrogens is 238 g/mol. The smallest absolute Gasteiger partial charge is 0.185 e. The van der Waals surface area contributed by atoms with Crippen LogP contribution in [0.4, 0.5) is 0 Å². The van der Waals surface area contributed by atoms with E-state index >= 15 is 0 Å². The molecule has 92 valence electrons. The van der Waals surface area contributed by atoms with Crippen LogP contribution in [0, 0.1) is 5.92 Å². The molecule has 1 fully saturated rings. The van der Waals surface area contributed by atoms with Crippen LogP contribution >= 0.6 is 11.6 Å². The van der Waals surface area contributed by atoms with Crippen molar-refractivity contribution in [2.45, 2.75) is 31.4 Å². The van der Waals surface area contributed by atoms with E-state index in [1.54, 1.807) is 24.3 Å². The number of aliphatic hydroxyl groups is 1. The van der Waals surface area contributed by atoms with Crippen LogP contribution in [-0.4, -0.2) is 17.0 Å². The Morgan fingerprint density at radius 1 is 1.47 bits per heavy atom. The summed E-state index contributed by atoms with van der Waals surface area (Å²) in [5.74, 6) is -0.132. The van der Waals surface area contributed by atoms with E-state index < -0.39 is 11.6 Å². The van der Waals surface area contributed by atoms with Gasteiger partial charge in [0.2, 0.25) is 0 Å². The molecule has 0 saturated heterocycles. The Kier molecular flexibility index (Phi) is 3.25. The van der Waals surface area contributed by atoms with Gasteiger partial charge in [0.05, 0.1) is 0 Å². The molecule has 0 spiro atoms. The van der Waals surface area contributed by atoms with Crippen molar-refractivity contribution in [3.05, 3.63) is 34.9 Å². The van der Waals surface area contributed by atoms with Crippen LogP contribution in [0.3, 0.4) is 0 Å². The van der Waals surface area contributed by atoms with Gasteiger partial charge in [-0.15, -0.1) is 0 Å². The zero-order chi connectivity index (χ0) is 12.6. The van der Waals surface area contributed by atoms with Crippen molar-refractivity contribution in [2.24, 2.45) is 11.7 Å². The van der Waals surface area contributed by atoms with Crippen LogP contribution in [0.5, 0.6) is 0 Å². The number of carbonyl (C=O) groups is 1. The standard InChI is InChI=1S/C13H16ClNO2/c1-8-6-11(16)12(17)13(15,7-8)9-4-2-3-5-10(9)14/h2-5,8,11,16H,6-7,15H2,1H3/t8-,11-,13-/m0/s1. The molecule has 0 bridgehead atoms. The molecule has 0 unspecified atom stereocenters. The number of hydrogen-bond donors (Lipinski definition) is 2. The van der Waals surface area contributed by atoms with E-state index in [0.29, 0.717) is 23.4 Å². The fourth-order valence-electron chi connectivity index (χ4n) is 2.58. The average molecular weight is 254 g/mol. The average Bonchev–Trinajstić information content (AvgIpc) is 2.26. The summed E-state index contributed by atoms with van der Waals surface area (Å²) in [5, 5.41) is 10.2. The van der Waals surface area contributed by atoms with E-state index in [1.807, 2.05) is 6.92 Å². The van der Waals surface area contributed by atoms with E-state index in [4.69, 9.17) is 17.3 Å². The van der Waals surface area contributed by atoms with Gasteiger partial charge in [0.25, 0.3) is 0 Å². The molecular formula is C13H16ClNO2. The van der Waals surface area contributed by atoms with Crippen molar-refractivity contribution in [3.8, 4) is 0 Å². The van der Waals surface area contributed by atoms with Gasteiger partial charge in [-0.05, 0) is 30.4 Å². The van der Waals surface area contributed by atoms with Crippen molar-refractivity contribution < 1.29 is 9.90 Å².